The summed E-state index contributed by atoms with van der Waals surface area (Å²) in [5.74, 6) is 0. The van der Waals surface area contributed by atoms with E-state index in [4.69, 9.17) is 17.3 Å². The number of aryl methyl sites for hydroxylation is 1. The number of nitrogens with two attached hydrogens (primary N) is 1. The van der Waals surface area contributed by atoms with Gasteiger partial charge in [0.15, 0.2) is 10.1 Å². The lowest BCUT2D eigenvalue weighted by atomic mass is 10.3. The second-order valence-electron chi connectivity index (χ2n) is 5.26. The van der Waals surface area contributed by atoms with Crippen LogP contribution in [0.4, 0.5) is 21.5 Å². The van der Waals surface area contributed by atoms with Gasteiger partial charge in [0.05, 0.1) is 16.3 Å². The molecule has 0 bridgehead atoms. The maximum Gasteiger partial charge on any atom is 0.263 e. The summed E-state index contributed by atoms with van der Waals surface area (Å²) in [6.45, 7) is 1.73. The molecule has 0 aliphatic rings. The van der Waals surface area contributed by atoms with E-state index in [0.717, 1.165) is 11.3 Å². The topological polar surface area (TPSA) is 110 Å². The van der Waals surface area contributed by atoms with Crippen molar-refractivity contribution < 1.29 is 8.42 Å². The summed E-state index contributed by atoms with van der Waals surface area (Å²) in [6.07, 6.45) is 0. The zero-order valence-corrected chi connectivity index (χ0v) is 15.9. The molecule has 10 heteroatoms. The minimum absolute atomic E-state index is 0.101. The summed E-state index contributed by atoms with van der Waals surface area (Å²) < 4.78 is 27.2. The fourth-order valence-electron chi connectivity index (χ4n) is 1.96. The molecule has 0 atom stereocenters. The van der Waals surface area contributed by atoms with E-state index in [-0.39, 0.29) is 10.0 Å². The Morgan fingerprint density at radius 2 is 1.73 bits per heavy atom. The summed E-state index contributed by atoms with van der Waals surface area (Å²) in [5, 5.41) is 9.56. The van der Waals surface area contributed by atoms with Gasteiger partial charge in [-0.05, 0) is 55.5 Å². The first-order valence-electron chi connectivity index (χ1n) is 7.36. The molecule has 3 rings (SSSR count). The summed E-state index contributed by atoms with van der Waals surface area (Å²) in [4.78, 5) is 4.29. The third-order valence-electron chi connectivity index (χ3n) is 3.27. The first kappa shape index (κ1) is 18.3. The lowest BCUT2D eigenvalue weighted by Gasteiger charge is -2.04. The molecule has 3 aromatic rings. The van der Waals surface area contributed by atoms with Crippen LogP contribution in [0, 0.1) is 6.92 Å². The Kier molecular flexibility index (Phi) is 5.21. The Morgan fingerprint density at radius 3 is 2.38 bits per heavy atom. The first-order chi connectivity index (χ1) is 12.3. The molecule has 2 aromatic carbocycles. The number of hydrogen-bond acceptors (Lipinski definition) is 7. The second kappa shape index (κ2) is 7.40. The van der Waals surface area contributed by atoms with Crippen molar-refractivity contribution in [3.63, 3.8) is 0 Å². The maximum absolute atomic E-state index is 12.4. The fourth-order valence-corrected chi connectivity index (χ4v) is 4.11. The molecule has 0 saturated heterocycles. The molecule has 0 saturated carbocycles. The molecular formula is C16H14ClN5O2S2. The van der Waals surface area contributed by atoms with E-state index in [9.17, 15) is 8.42 Å². The zero-order chi connectivity index (χ0) is 18.7. The van der Waals surface area contributed by atoms with Crippen LogP contribution in [-0.4, -0.2) is 13.4 Å². The van der Waals surface area contributed by atoms with Crippen LogP contribution in [0.2, 0.25) is 5.02 Å². The Hall–Kier alpha value is -2.49. The Bertz CT molecular complexity index is 1050. The maximum atomic E-state index is 12.4. The van der Waals surface area contributed by atoms with Gasteiger partial charge in [0.25, 0.3) is 10.0 Å². The van der Waals surface area contributed by atoms with Crippen molar-refractivity contribution in [1.82, 2.24) is 4.98 Å². The van der Waals surface area contributed by atoms with E-state index < -0.39 is 10.0 Å². The highest BCUT2D eigenvalue weighted by molar-refractivity contribution is 7.93. The number of rotatable bonds is 5. The standard InChI is InChI=1S/C16H14ClN5O2S2/c1-10-15(21-20-13-6-2-11(17)3-7-13)25-16(19-10)22-26(23,24)14-8-4-12(18)5-9-14/h2-9H,18H2,1H3,(H,19,22). The molecule has 1 heterocycles. The number of sulfonamides is 1. The summed E-state index contributed by atoms with van der Waals surface area (Å²) in [6, 6.07) is 12.8. The zero-order valence-electron chi connectivity index (χ0n) is 13.5. The van der Waals surface area contributed by atoms with E-state index in [2.05, 4.69) is 19.9 Å². The van der Waals surface area contributed by atoms with Gasteiger partial charge < -0.3 is 5.73 Å². The molecule has 0 spiro atoms. The van der Waals surface area contributed by atoms with Gasteiger partial charge in [0.2, 0.25) is 0 Å². The predicted octanol–water partition coefficient (Wildman–Crippen LogP) is 4.90. The van der Waals surface area contributed by atoms with Crippen molar-refractivity contribution >= 4 is 54.5 Å². The Morgan fingerprint density at radius 1 is 1.08 bits per heavy atom. The van der Waals surface area contributed by atoms with E-state index in [0.29, 0.717) is 27.1 Å². The quantitative estimate of drug-likeness (QED) is 0.462. The second-order valence-corrected chi connectivity index (χ2v) is 8.36. The van der Waals surface area contributed by atoms with Crippen molar-refractivity contribution in [3.05, 3.63) is 59.2 Å². The van der Waals surface area contributed by atoms with E-state index >= 15 is 0 Å². The first-order valence-corrected chi connectivity index (χ1v) is 10.0. The molecule has 7 nitrogen and oxygen atoms in total. The van der Waals surface area contributed by atoms with Crippen LogP contribution >= 0.6 is 22.9 Å². The molecule has 134 valence electrons. The monoisotopic (exact) mass is 407 g/mol. The highest BCUT2D eigenvalue weighted by Crippen LogP contribution is 2.33. The number of nitrogen functional groups attached to an aromatic ring is 1. The highest BCUT2D eigenvalue weighted by atomic mass is 35.5. The van der Waals surface area contributed by atoms with Gasteiger partial charge in [-0.25, -0.2) is 13.4 Å². The number of benzene rings is 2. The Labute approximate surface area is 159 Å². The van der Waals surface area contributed by atoms with Crippen molar-refractivity contribution in [3.8, 4) is 0 Å². The minimum atomic E-state index is -3.75. The van der Waals surface area contributed by atoms with Crippen LogP contribution in [-0.2, 0) is 10.0 Å². The molecule has 0 fully saturated rings. The largest absolute Gasteiger partial charge is 0.399 e. The van der Waals surface area contributed by atoms with Gasteiger partial charge in [0.1, 0.15) is 0 Å². The van der Waals surface area contributed by atoms with Crippen LogP contribution < -0.4 is 10.5 Å². The number of aromatic nitrogens is 1. The number of anilines is 2. The Balaban J connectivity index is 1.79. The molecule has 3 N–H and O–H groups in total. The van der Waals surface area contributed by atoms with E-state index in [1.165, 1.54) is 24.3 Å². The average Bonchev–Trinajstić information content (AvgIpc) is 2.93. The number of azo groups is 1. The molecule has 0 aliphatic heterocycles. The summed E-state index contributed by atoms with van der Waals surface area (Å²) in [7, 11) is -3.75. The molecule has 1 aromatic heterocycles. The third kappa shape index (κ3) is 4.37. The predicted molar refractivity (Wildman–Crippen MR) is 104 cm³/mol. The molecule has 0 aliphatic carbocycles. The van der Waals surface area contributed by atoms with Gasteiger partial charge in [-0.15, -0.1) is 10.2 Å². The van der Waals surface area contributed by atoms with Crippen LogP contribution in [0.5, 0.6) is 0 Å². The third-order valence-corrected chi connectivity index (χ3v) is 5.96. The lowest BCUT2D eigenvalue weighted by molar-refractivity contribution is 0.601. The van der Waals surface area contributed by atoms with Crippen molar-refractivity contribution in [1.29, 1.82) is 0 Å². The molecule has 0 radical (unpaired) electrons. The van der Waals surface area contributed by atoms with E-state index in [1.54, 1.807) is 31.2 Å². The van der Waals surface area contributed by atoms with Gasteiger partial charge in [0, 0.05) is 10.7 Å². The van der Waals surface area contributed by atoms with Crippen LogP contribution in [0.1, 0.15) is 5.69 Å². The SMILES string of the molecule is Cc1nc(NS(=O)(=O)c2ccc(N)cc2)sc1N=Nc1ccc(Cl)cc1. The summed E-state index contributed by atoms with van der Waals surface area (Å²) >= 11 is 6.92. The van der Waals surface area contributed by atoms with Crippen LogP contribution in [0.15, 0.2) is 63.7 Å². The number of hydrogen-bond donors (Lipinski definition) is 2. The van der Waals surface area contributed by atoms with Gasteiger partial charge in [-0.2, -0.15) is 0 Å². The highest BCUT2D eigenvalue weighted by Gasteiger charge is 2.17. The molecule has 0 amide bonds. The molecule has 0 unspecified atom stereocenters. The normalized spacial score (nSPS) is 11.8. The number of thiazole rings is 1. The smallest absolute Gasteiger partial charge is 0.263 e. The summed E-state index contributed by atoms with van der Waals surface area (Å²) in [5.41, 5.74) is 7.27. The van der Waals surface area contributed by atoms with Crippen molar-refractivity contribution in [2.24, 2.45) is 10.2 Å². The van der Waals surface area contributed by atoms with Crippen molar-refractivity contribution in [2.75, 3.05) is 10.5 Å². The molecular weight excluding hydrogens is 394 g/mol. The van der Waals surface area contributed by atoms with E-state index in [1.807, 2.05) is 0 Å². The van der Waals surface area contributed by atoms with Crippen LogP contribution in [0.25, 0.3) is 0 Å². The molecule has 26 heavy (non-hydrogen) atoms. The number of nitrogens with zero attached hydrogens (tertiary/aromatic N) is 3. The van der Waals surface area contributed by atoms with Gasteiger partial charge >= 0.3 is 0 Å². The number of nitrogens with one attached hydrogen (secondary N) is 1. The number of halogens is 1. The lowest BCUT2D eigenvalue weighted by Crippen LogP contribution is -2.12. The van der Waals surface area contributed by atoms with Gasteiger partial charge in [-0.3, -0.25) is 4.72 Å². The fraction of sp³-hybridized carbons (Fsp3) is 0.0625. The average molecular weight is 408 g/mol. The minimum Gasteiger partial charge on any atom is -0.399 e. The van der Waals surface area contributed by atoms with Crippen LogP contribution in [0.3, 0.4) is 0 Å². The van der Waals surface area contributed by atoms with Gasteiger partial charge in [-0.1, -0.05) is 22.9 Å². The van der Waals surface area contributed by atoms with Crippen molar-refractivity contribution in [2.45, 2.75) is 11.8 Å².